The predicted octanol–water partition coefficient (Wildman–Crippen LogP) is 6.00. The zero-order valence-electron chi connectivity index (χ0n) is 23.0. The number of rotatable bonds is 10. The minimum absolute atomic E-state index is 0.0742. The maximum atomic E-state index is 13.3. The maximum Gasteiger partial charge on any atom is 0.339 e. The number of ether oxygens (including phenoxy) is 1. The molecule has 0 aliphatic heterocycles. The molecule has 3 amide bonds. The second-order valence-electron chi connectivity index (χ2n) is 9.06. The van der Waals surface area contributed by atoms with Crippen molar-refractivity contribution in [2.75, 3.05) is 17.7 Å². The number of esters is 1. The van der Waals surface area contributed by atoms with Gasteiger partial charge in [0.2, 0.25) is 5.91 Å². The Morgan fingerprint density at radius 1 is 0.786 bits per heavy atom. The molecule has 9 heteroatoms. The van der Waals surface area contributed by atoms with Crippen LogP contribution in [-0.2, 0) is 14.3 Å². The molecular formula is C33H29N3O5S. The third-order valence-corrected chi connectivity index (χ3v) is 7.10. The number of anilines is 2. The van der Waals surface area contributed by atoms with Gasteiger partial charge in [-0.3, -0.25) is 14.4 Å². The van der Waals surface area contributed by atoms with Crippen LogP contribution in [0.5, 0.6) is 0 Å². The number of carbonyl (C=O) groups excluding carboxylic acids is 4. The molecule has 1 atom stereocenters. The van der Waals surface area contributed by atoms with E-state index in [0.717, 1.165) is 10.5 Å². The highest BCUT2D eigenvalue weighted by Crippen LogP contribution is 2.27. The summed E-state index contributed by atoms with van der Waals surface area (Å²) < 4.78 is 4.80. The van der Waals surface area contributed by atoms with Gasteiger partial charge in [-0.25, -0.2) is 4.79 Å². The first kappa shape index (κ1) is 29.8. The molecule has 1 unspecified atom stereocenters. The Bertz CT molecular complexity index is 1610. The second kappa shape index (κ2) is 14.5. The second-order valence-corrected chi connectivity index (χ2v) is 10.5. The van der Waals surface area contributed by atoms with Crippen molar-refractivity contribution in [2.24, 2.45) is 0 Å². The van der Waals surface area contributed by atoms with Crippen LogP contribution in [0, 0.1) is 0 Å². The van der Waals surface area contributed by atoms with E-state index in [4.69, 9.17) is 4.74 Å². The summed E-state index contributed by atoms with van der Waals surface area (Å²) >= 11 is 1.29. The van der Waals surface area contributed by atoms with Gasteiger partial charge in [-0.15, -0.1) is 11.8 Å². The molecule has 212 valence electrons. The van der Waals surface area contributed by atoms with Crippen molar-refractivity contribution >= 4 is 52.9 Å². The molecular weight excluding hydrogens is 550 g/mol. The van der Waals surface area contributed by atoms with Crippen LogP contribution in [0.3, 0.4) is 0 Å². The molecule has 0 spiro atoms. The van der Waals surface area contributed by atoms with Crippen molar-refractivity contribution in [3.63, 3.8) is 0 Å². The fourth-order valence-corrected chi connectivity index (χ4v) is 4.80. The fourth-order valence-electron chi connectivity index (χ4n) is 3.88. The summed E-state index contributed by atoms with van der Waals surface area (Å²) in [6, 6.07) is 31.5. The molecule has 0 aromatic heterocycles. The average Bonchev–Trinajstić information content (AvgIpc) is 3.01. The summed E-state index contributed by atoms with van der Waals surface area (Å²) in [6.07, 6.45) is 1.60. The van der Waals surface area contributed by atoms with Crippen molar-refractivity contribution in [2.45, 2.75) is 17.1 Å². The number of nitrogens with one attached hydrogen (secondary N) is 3. The Balaban J connectivity index is 1.46. The topological polar surface area (TPSA) is 114 Å². The fraction of sp³-hybridized carbons (Fsp3) is 0.0909. The highest BCUT2D eigenvalue weighted by molar-refractivity contribution is 8.00. The standard InChI is InChI=1S/C33H29N3O5S/c1-22(30(37)35-28-19-10-9-18-27(28)33(40)41-2)42-26-17-11-16-25(21-26)34-32(39)29(20-23-12-5-3-6-13-23)36-31(38)24-14-7-4-8-15-24/h3-22H,1-2H3,(H,34,39)(H,35,37)(H,36,38)/b29-20+. The molecule has 0 radical (unpaired) electrons. The molecule has 0 bridgehead atoms. The van der Waals surface area contributed by atoms with Gasteiger partial charge in [0.25, 0.3) is 11.8 Å². The predicted molar refractivity (Wildman–Crippen MR) is 165 cm³/mol. The summed E-state index contributed by atoms with van der Waals surface area (Å²) in [7, 11) is 1.28. The Morgan fingerprint density at radius 2 is 1.45 bits per heavy atom. The van der Waals surface area contributed by atoms with E-state index in [0.29, 0.717) is 16.9 Å². The molecule has 4 aromatic carbocycles. The van der Waals surface area contributed by atoms with E-state index in [-0.39, 0.29) is 17.2 Å². The smallest absolute Gasteiger partial charge is 0.339 e. The Labute approximate surface area is 248 Å². The van der Waals surface area contributed by atoms with Crippen LogP contribution in [0.15, 0.2) is 120 Å². The van der Waals surface area contributed by atoms with E-state index in [1.165, 1.54) is 18.9 Å². The van der Waals surface area contributed by atoms with Crippen LogP contribution in [0.4, 0.5) is 11.4 Å². The van der Waals surface area contributed by atoms with Gasteiger partial charge in [0, 0.05) is 16.1 Å². The van der Waals surface area contributed by atoms with Gasteiger partial charge >= 0.3 is 5.97 Å². The summed E-state index contributed by atoms with van der Waals surface area (Å²) in [5, 5.41) is 7.82. The van der Waals surface area contributed by atoms with Crippen LogP contribution >= 0.6 is 11.8 Å². The number of para-hydroxylation sites is 1. The van der Waals surface area contributed by atoms with Crippen molar-refractivity contribution in [3.8, 4) is 0 Å². The molecule has 8 nitrogen and oxygen atoms in total. The van der Waals surface area contributed by atoms with E-state index in [1.54, 1.807) is 85.8 Å². The highest BCUT2D eigenvalue weighted by Gasteiger charge is 2.19. The monoisotopic (exact) mass is 579 g/mol. The maximum absolute atomic E-state index is 13.3. The molecule has 3 N–H and O–H groups in total. The zero-order valence-corrected chi connectivity index (χ0v) is 23.8. The third kappa shape index (κ3) is 8.18. The quantitative estimate of drug-likeness (QED) is 0.121. The van der Waals surface area contributed by atoms with Crippen molar-refractivity contribution < 1.29 is 23.9 Å². The van der Waals surface area contributed by atoms with Crippen molar-refractivity contribution in [1.82, 2.24) is 5.32 Å². The number of amides is 3. The lowest BCUT2D eigenvalue weighted by molar-refractivity contribution is -0.115. The van der Waals surface area contributed by atoms with E-state index in [1.807, 2.05) is 36.4 Å². The molecule has 4 rings (SSSR count). The number of thioether (sulfide) groups is 1. The summed E-state index contributed by atoms with van der Waals surface area (Å²) in [4.78, 5) is 51.9. The Kier molecular flexibility index (Phi) is 10.3. The highest BCUT2D eigenvalue weighted by atomic mass is 32.2. The number of methoxy groups -OCH3 is 1. The molecule has 0 aliphatic carbocycles. The number of benzene rings is 4. The van der Waals surface area contributed by atoms with Crippen LogP contribution < -0.4 is 16.0 Å². The van der Waals surface area contributed by atoms with Gasteiger partial charge in [-0.2, -0.15) is 0 Å². The zero-order chi connectivity index (χ0) is 29.9. The first-order valence-corrected chi connectivity index (χ1v) is 13.9. The average molecular weight is 580 g/mol. The minimum Gasteiger partial charge on any atom is -0.465 e. The van der Waals surface area contributed by atoms with Gasteiger partial charge in [-0.05, 0) is 61.0 Å². The van der Waals surface area contributed by atoms with E-state index < -0.39 is 23.0 Å². The normalized spacial score (nSPS) is 11.6. The van der Waals surface area contributed by atoms with Crippen molar-refractivity contribution in [1.29, 1.82) is 0 Å². The number of hydrogen-bond donors (Lipinski definition) is 3. The van der Waals surface area contributed by atoms with Gasteiger partial charge in [0.1, 0.15) is 5.70 Å². The first-order chi connectivity index (χ1) is 20.3. The lowest BCUT2D eigenvalue weighted by Gasteiger charge is -2.15. The van der Waals surface area contributed by atoms with Crippen molar-refractivity contribution in [3.05, 3.63) is 132 Å². The van der Waals surface area contributed by atoms with Crippen LogP contribution in [0.1, 0.15) is 33.2 Å². The minimum atomic E-state index is -0.546. The summed E-state index contributed by atoms with van der Waals surface area (Å²) in [6.45, 7) is 1.74. The molecule has 0 fully saturated rings. The largest absolute Gasteiger partial charge is 0.465 e. The molecule has 0 heterocycles. The van der Waals surface area contributed by atoms with E-state index in [9.17, 15) is 19.2 Å². The van der Waals surface area contributed by atoms with Gasteiger partial charge in [0.05, 0.1) is 23.6 Å². The lowest BCUT2D eigenvalue weighted by Crippen LogP contribution is -2.30. The van der Waals surface area contributed by atoms with Crippen LogP contribution in [-0.4, -0.2) is 36.1 Å². The molecule has 0 aliphatic rings. The number of carbonyl (C=O) groups is 4. The molecule has 0 saturated heterocycles. The van der Waals surface area contributed by atoms with Gasteiger partial charge < -0.3 is 20.7 Å². The first-order valence-electron chi connectivity index (χ1n) is 13.0. The lowest BCUT2D eigenvalue weighted by atomic mass is 10.1. The Morgan fingerprint density at radius 3 is 2.17 bits per heavy atom. The van der Waals surface area contributed by atoms with Crippen LogP contribution in [0.2, 0.25) is 0 Å². The van der Waals surface area contributed by atoms with Crippen LogP contribution in [0.25, 0.3) is 6.08 Å². The molecule has 0 saturated carbocycles. The SMILES string of the molecule is COC(=O)c1ccccc1NC(=O)C(C)Sc1cccc(NC(=O)/C(=C\c2ccccc2)NC(=O)c2ccccc2)c1. The molecule has 42 heavy (non-hydrogen) atoms. The van der Waals surface area contributed by atoms with E-state index >= 15 is 0 Å². The number of hydrogen-bond acceptors (Lipinski definition) is 6. The summed E-state index contributed by atoms with van der Waals surface area (Å²) in [5.41, 5.74) is 2.34. The Hall–Kier alpha value is -5.15. The summed E-state index contributed by atoms with van der Waals surface area (Å²) in [5.74, 6) is -1.76. The van der Waals surface area contributed by atoms with E-state index in [2.05, 4.69) is 16.0 Å². The van der Waals surface area contributed by atoms with Gasteiger partial charge in [0.15, 0.2) is 0 Å². The van der Waals surface area contributed by atoms with Gasteiger partial charge in [-0.1, -0.05) is 66.7 Å². The molecule has 4 aromatic rings. The third-order valence-electron chi connectivity index (χ3n) is 6.00.